The number of hydrogen-bond acceptors (Lipinski definition) is 7. The van der Waals surface area contributed by atoms with E-state index in [-0.39, 0.29) is 9.79 Å². The molecule has 9 nitrogen and oxygen atoms in total. The average Bonchev–Trinajstić information content (AvgIpc) is 3.83. The van der Waals surface area contributed by atoms with Gasteiger partial charge in [0, 0.05) is 44.7 Å². The van der Waals surface area contributed by atoms with Gasteiger partial charge in [0.1, 0.15) is 11.6 Å². The second-order valence-electron chi connectivity index (χ2n) is 14.5. The molecular weight excluding hydrogens is 787 g/mol. The number of nitrogens with one attached hydrogen (secondary N) is 1. The Labute approximate surface area is 357 Å². The van der Waals surface area contributed by atoms with Crippen LogP contribution in [0.5, 0.6) is 0 Å². The number of nitriles is 1. The average molecular weight is 822 g/mol. The largest absolute Gasteiger partial charge is 0.338 e. The minimum atomic E-state index is -3.87. The fourth-order valence-electron chi connectivity index (χ4n) is 8.34. The maximum atomic E-state index is 13.9. The van der Waals surface area contributed by atoms with Crippen LogP contribution in [0.3, 0.4) is 0 Å². The molecule has 11 aromatic rings. The van der Waals surface area contributed by atoms with E-state index in [9.17, 15) is 13.7 Å². The standard InChI is InChI=1S/C50H31N7O2S.C2H4/c51-30-32-17-21-35(22-18-32)60(58,59)36-23-19-34(20-24-36)56-45-28-39-37-12-4-7-15-44(37)57(48-16-8-9-27-52-48)46(39)29-40(45)38-25-26-43(49(50(38)56)33-10-2-1-3-11-33)55-47-31-53-41-13-5-6-14-42(41)54-47;1-2/h1-29,31H,(H,54,55);1-2H2. The number of anilines is 2. The van der Waals surface area contributed by atoms with Crippen molar-refractivity contribution in [3.8, 4) is 28.7 Å². The highest BCUT2D eigenvalue weighted by atomic mass is 32.2. The van der Waals surface area contributed by atoms with E-state index >= 15 is 0 Å². The summed E-state index contributed by atoms with van der Waals surface area (Å²) in [5, 5.41) is 17.1. The zero-order chi connectivity index (χ0) is 42.4. The van der Waals surface area contributed by atoms with E-state index in [1.54, 1.807) is 18.3 Å². The Morgan fingerprint density at radius 3 is 1.95 bits per heavy atom. The fraction of sp³-hybridized carbons (Fsp3) is 0. The maximum Gasteiger partial charge on any atom is 0.206 e. The molecule has 7 aromatic carbocycles. The predicted molar refractivity (Wildman–Crippen MR) is 249 cm³/mol. The molecule has 0 atom stereocenters. The lowest BCUT2D eigenvalue weighted by Crippen LogP contribution is -2.03. The lowest BCUT2D eigenvalue weighted by atomic mass is 9.99. The van der Waals surface area contributed by atoms with Gasteiger partial charge >= 0.3 is 0 Å². The van der Waals surface area contributed by atoms with Gasteiger partial charge in [0.2, 0.25) is 9.84 Å². The Morgan fingerprint density at radius 2 is 1.23 bits per heavy atom. The first-order chi connectivity index (χ1) is 30.5. The fourth-order valence-corrected chi connectivity index (χ4v) is 9.60. The Morgan fingerprint density at radius 1 is 0.581 bits per heavy atom. The quantitative estimate of drug-likeness (QED) is 0.159. The van der Waals surface area contributed by atoms with E-state index in [0.29, 0.717) is 11.4 Å². The van der Waals surface area contributed by atoms with Gasteiger partial charge in [0.15, 0.2) is 0 Å². The van der Waals surface area contributed by atoms with Crippen LogP contribution < -0.4 is 5.32 Å². The maximum absolute atomic E-state index is 13.9. The van der Waals surface area contributed by atoms with Gasteiger partial charge in [0.25, 0.3) is 0 Å². The molecule has 0 bridgehead atoms. The number of rotatable bonds is 7. The molecular formula is C52H35N7O2S. The molecule has 296 valence electrons. The zero-order valence-electron chi connectivity index (χ0n) is 33.1. The molecule has 11 rings (SSSR count). The van der Waals surface area contributed by atoms with Crippen LogP contribution in [0.15, 0.2) is 205 Å². The van der Waals surface area contributed by atoms with Gasteiger partial charge in [-0.05, 0) is 103 Å². The highest BCUT2D eigenvalue weighted by Gasteiger charge is 2.24. The minimum Gasteiger partial charge on any atom is -0.338 e. The van der Waals surface area contributed by atoms with E-state index in [1.807, 2.05) is 85.1 Å². The number of sulfone groups is 1. The number of hydrogen-bond donors (Lipinski definition) is 1. The van der Waals surface area contributed by atoms with Crippen molar-refractivity contribution in [2.24, 2.45) is 0 Å². The molecule has 1 N–H and O–H groups in total. The third kappa shape index (κ3) is 6.23. The number of nitrogens with zero attached hydrogens (tertiary/aromatic N) is 6. The van der Waals surface area contributed by atoms with Crippen molar-refractivity contribution in [3.63, 3.8) is 0 Å². The summed E-state index contributed by atoms with van der Waals surface area (Å²) in [7, 11) is -3.87. The molecule has 0 spiro atoms. The van der Waals surface area contributed by atoms with E-state index in [2.05, 4.69) is 93.3 Å². The molecule has 0 fully saturated rings. The molecule has 0 saturated heterocycles. The predicted octanol–water partition coefficient (Wildman–Crippen LogP) is 12.1. The summed E-state index contributed by atoms with van der Waals surface area (Å²) >= 11 is 0. The van der Waals surface area contributed by atoms with Crippen molar-refractivity contribution in [3.05, 3.63) is 201 Å². The van der Waals surface area contributed by atoms with Crippen molar-refractivity contribution in [1.82, 2.24) is 24.1 Å². The number of pyridine rings is 1. The van der Waals surface area contributed by atoms with Crippen LogP contribution in [-0.2, 0) is 9.84 Å². The van der Waals surface area contributed by atoms with Crippen LogP contribution >= 0.6 is 0 Å². The van der Waals surface area contributed by atoms with Gasteiger partial charge in [-0.25, -0.2) is 18.4 Å². The van der Waals surface area contributed by atoms with Crippen molar-refractivity contribution in [2.75, 3.05) is 5.32 Å². The lowest BCUT2D eigenvalue weighted by Gasteiger charge is -2.17. The number of benzene rings is 7. The van der Waals surface area contributed by atoms with E-state index in [0.717, 1.165) is 83.0 Å². The normalized spacial score (nSPS) is 11.5. The van der Waals surface area contributed by atoms with Crippen molar-refractivity contribution in [2.45, 2.75) is 9.79 Å². The van der Waals surface area contributed by atoms with Gasteiger partial charge in [0.05, 0.1) is 60.7 Å². The number of para-hydroxylation sites is 3. The second-order valence-corrected chi connectivity index (χ2v) is 16.5. The first kappa shape index (κ1) is 37.9. The van der Waals surface area contributed by atoms with Gasteiger partial charge in [-0.3, -0.25) is 9.55 Å². The van der Waals surface area contributed by atoms with Crippen LogP contribution in [-0.4, -0.2) is 32.5 Å². The molecule has 0 amide bonds. The van der Waals surface area contributed by atoms with Crippen LogP contribution in [0.25, 0.3) is 77.3 Å². The summed E-state index contributed by atoms with van der Waals surface area (Å²) in [6.45, 7) is 6.00. The summed E-state index contributed by atoms with van der Waals surface area (Å²) in [4.78, 5) is 14.6. The number of fused-ring (bicyclic) bond motifs is 7. The second kappa shape index (κ2) is 15.3. The Bertz CT molecular complexity index is 3650. The highest BCUT2D eigenvalue weighted by molar-refractivity contribution is 7.91. The first-order valence-electron chi connectivity index (χ1n) is 19.8. The summed E-state index contributed by atoms with van der Waals surface area (Å²) < 4.78 is 32.2. The topological polar surface area (TPSA) is 118 Å². The lowest BCUT2D eigenvalue weighted by molar-refractivity contribution is 0.596. The summed E-state index contributed by atoms with van der Waals surface area (Å²) in [5.41, 5.74) is 9.44. The van der Waals surface area contributed by atoms with Crippen LogP contribution in [0, 0.1) is 11.3 Å². The smallest absolute Gasteiger partial charge is 0.206 e. The monoisotopic (exact) mass is 821 g/mol. The van der Waals surface area contributed by atoms with E-state index < -0.39 is 9.84 Å². The molecule has 62 heavy (non-hydrogen) atoms. The Balaban J connectivity index is 0.00000226. The molecule has 10 heteroatoms. The minimum absolute atomic E-state index is 0.122. The third-order valence-corrected chi connectivity index (χ3v) is 12.9. The van der Waals surface area contributed by atoms with E-state index in [1.165, 1.54) is 24.3 Å². The summed E-state index contributed by atoms with van der Waals surface area (Å²) in [6, 6.07) is 56.1. The molecule has 0 unspecified atom stereocenters. The molecule has 0 aliphatic heterocycles. The van der Waals surface area contributed by atoms with Gasteiger partial charge in [-0.15, -0.1) is 13.2 Å². The molecule has 4 aromatic heterocycles. The SMILES string of the molecule is C=C.N#Cc1ccc(S(=O)(=O)c2ccc(-n3c4cc5c6ccccc6n(-c6ccccn6)c5cc4c4ccc(Nc5cnc6ccccc6n5)c(-c5ccccc5)c43)cc2)cc1. The first-order valence-corrected chi connectivity index (χ1v) is 21.3. The van der Waals surface area contributed by atoms with Gasteiger partial charge in [-0.1, -0.05) is 72.8 Å². The van der Waals surface area contributed by atoms with E-state index in [4.69, 9.17) is 9.97 Å². The zero-order valence-corrected chi connectivity index (χ0v) is 34.0. The van der Waals surface area contributed by atoms with Crippen LogP contribution in [0.1, 0.15) is 5.56 Å². The molecule has 4 heterocycles. The molecule has 0 aliphatic carbocycles. The summed E-state index contributed by atoms with van der Waals surface area (Å²) in [5.74, 6) is 1.42. The Hall–Kier alpha value is -8.39. The number of aromatic nitrogens is 5. The summed E-state index contributed by atoms with van der Waals surface area (Å²) in [6.07, 6.45) is 3.56. The van der Waals surface area contributed by atoms with Crippen molar-refractivity contribution >= 4 is 76.0 Å². The van der Waals surface area contributed by atoms with Gasteiger partial charge < -0.3 is 9.88 Å². The van der Waals surface area contributed by atoms with Crippen LogP contribution in [0.4, 0.5) is 11.5 Å². The van der Waals surface area contributed by atoms with Crippen molar-refractivity contribution < 1.29 is 8.42 Å². The Kier molecular flexibility index (Phi) is 9.36. The molecule has 0 aliphatic rings. The third-order valence-electron chi connectivity index (χ3n) is 11.1. The molecule has 0 radical (unpaired) electrons. The van der Waals surface area contributed by atoms with Crippen molar-refractivity contribution in [1.29, 1.82) is 5.26 Å². The highest BCUT2D eigenvalue weighted by Crippen LogP contribution is 2.45. The van der Waals surface area contributed by atoms with Crippen LogP contribution in [0.2, 0.25) is 0 Å². The van der Waals surface area contributed by atoms with Gasteiger partial charge in [-0.2, -0.15) is 5.26 Å². The molecule has 0 saturated carbocycles.